The van der Waals surface area contributed by atoms with Crippen LogP contribution in [-0.4, -0.2) is 24.7 Å². The van der Waals surface area contributed by atoms with Crippen molar-refractivity contribution in [3.63, 3.8) is 0 Å². The maximum Gasteiger partial charge on any atom is 0.230 e. The maximum absolute atomic E-state index is 12.6. The third-order valence-electron chi connectivity index (χ3n) is 4.44. The SMILES string of the molecule is C[C@@H](NC(=O)C1(c2cccc(Cl)c2)CC1)[C@H]1CCCO1. The average Bonchev–Trinajstić information content (AvgIpc) is 3.06. The molecule has 0 bridgehead atoms. The van der Waals surface area contributed by atoms with E-state index in [-0.39, 0.29) is 23.5 Å². The zero-order valence-electron chi connectivity index (χ0n) is 11.7. The van der Waals surface area contributed by atoms with Crippen molar-refractivity contribution < 1.29 is 9.53 Å². The summed E-state index contributed by atoms with van der Waals surface area (Å²) < 4.78 is 5.64. The fraction of sp³-hybridized carbons (Fsp3) is 0.562. The molecule has 20 heavy (non-hydrogen) atoms. The Morgan fingerprint density at radius 2 is 2.30 bits per heavy atom. The molecular weight excluding hydrogens is 274 g/mol. The van der Waals surface area contributed by atoms with E-state index in [1.165, 1.54) is 0 Å². The van der Waals surface area contributed by atoms with Crippen molar-refractivity contribution in [2.45, 2.75) is 50.2 Å². The molecule has 0 aromatic heterocycles. The fourth-order valence-corrected chi connectivity index (χ4v) is 3.18. The van der Waals surface area contributed by atoms with Crippen LogP contribution in [0.15, 0.2) is 24.3 Å². The Kier molecular flexibility index (Phi) is 3.74. The number of halogens is 1. The molecule has 2 aliphatic rings. The molecule has 1 amide bonds. The van der Waals surface area contributed by atoms with E-state index in [0.29, 0.717) is 5.02 Å². The Morgan fingerprint density at radius 3 is 2.90 bits per heavy atom. The minimum absolute atomic E-state index is 0.0710. The van der Waals surface area contributed by atoms with Crippen molar-refractivity contribution in [3.05, 3.63) is 34.9 Å². The largest absolute Gasteiger partial charge is 0.376 e. The highest BCUT2D eigenvalue weighted by molar-refractivity contribution is 6.30. The monoisotopic (exact) mass is 293 g/mol. The number of rotatable bonds is 4. The summed E-state index contributed by atoms with van der Waals surface area (Å²) in [6, 6.07) is 7.73. The molecule has 108 valence electrons. The number of amides is 1. The van der Waals surface area contributed by atoms with Gasteiger partial charge in [0.05, 0.1) is 17.6 Å². The average molecular weight is 294 g/mol. The molecule has 3 rings (SSSR count). The number of hydrogen-bond acceptors (Lipinski definition) is 2. The van der Waals surface area contributed by atoms with Gasteiger partial charge < -0.3 is 10.1 Å². The van der Waals surface area contributed by atoms with Gasteiger partial charge in [0.15, 0.2) is 0 Å². The van der Waals surface area contributed by atoms with Gasteiger partial charge in [-0.3, -0.25) is 4.79 Å². The van der Waals surface area contributed by atoms with E-state index in [1.54, 1.807) is 0 Å². The maximum atomic E-state index is 12.6. The van der Waals surface area contributed by atoms with Crippen LogP contribution < -0.4 is 5.32 Å². The summed E-state index contributed by atoms with van der Waals surface area (Å²) >= 11 is 6.04. The van der Waals surface area contributed by atoms with Crippen molar-refractivity contribution >= 4 is 17.5 Å². The van der Waals surface area contributed by atoms with E-state index < -0.39 is 0 Å². The molecule has 1 aliphatic carbocycles. The van der Waals surface area contributed by atoms with E-state index in [9.17, 15) is 4.79 Å². The molecule has 1 aliphatic heterocycles. The van der Waals surface area contributed by atoms with Crippen LogP contribution in [0.5, 0.6) is 0 Å². The predicted molar refractivity (Wildman–Crippen MR) is 78.9 cm³/mol. The lowest BCUT2D eigenvalue weighted by molar-refractivity contribution is -0.125. The molecule has 2 fully saturated rings. The highest BCUT2D eigenvalue weighted by Crippen LogP contribution is 2.49. The lowest BCUT2D eigenvalue weighted by Gasteiger charge is -2.23. The molecule has 0 spiro atoms. The van der Waals surface area contributed by atoms with Gasteiger partial charge >= 0.3 is 0 Å². The Labute approximate surface area is 124 Å². The van der Waals surface area contributed by atoms with Gasteiger partial charge in [0.1, 0.15) is 0 Å². The summed E-state index contributed by atoms with van der Waals surface area (Å²) in [6.45, 7) is 2.84. The zero-order valence-corrected chi connectivity index (χ0v) is 12.5. The first kappa shape index (κ1) is 13.9. The Hall–Kier alpha value is -1.06. The summed E-state index contributed by atoms with van der Waals surface area (Å²) in [6.07, 6.45) is 4.08. The molecule has 3 nitrogen and oxygen atoms in total. The van der Waals surface area contributed by atoms with Gasteiger partial charge in [-0.2, -0.15) is 0 Å². The number of carbonyl (C=O) groups excluding carboxylic acids is 1. The second kappa shape index (κ2) is 5.38. The third-order valence-corrected chi connectivity index (χ3v) is 4.68. The minimum Gasteiger partial charge on any atom is -0.376 e. The number of nitrogens with one attached hydrogen (secondary N) is 1. The summed E-state index contributed by atoms with van der Waals surface area (Å²) in [5.41, 5.74) is 0.666. The first-order chi connectivity index (χ1) is 9.62. The molecule has 1 N–H and O–H groups in total. The molecule has 0 unspecified atom stereocenters. The van der Waals surface area contributed by atoms with Crippen molar-refractivity contribution in [2.75, 3.05) is 6.61 Å². The molecule has 1 saturated carbocycles. The number of benzene rings is 1. The van der Waals surface area contributed by atoms with Crippen LogP contribution in [0.1, 0.15) is 38.2 Å². The molecule has 2 atom stereocenters. The van der Waals surface area contributed by atoms with Crippen LogP contribution in [0.3, 0.4) is 0 Å². The van der Waals surface area contributed by atoms with Crippen LogP contribution >= 0.6 is 11.6 Å². The fourth-order valence-electron chi connectivity index (χ4n) is 2.99. The smallest absolute Gasteiger partial charge is 0.230 e. The lowest BCUT2D eigenvalue weighted by atomic mass is 9.94. The van der Waals surface area contributed by atoms with Crippen molar-refractivity contribution in [1.82, 2.24) is 5.32 Å². The van der Waals surface area contributed by atoms with Crippen molar-refractivity contribution in [1.29, 1.82) is 0 Å². The van der Waals surface area contributed by atoms with Crippen LogP contribution in [0.25, 0.3) is 0 Å². The predicted octanol–water partition coefficient (Wildman–Crippen LogP) is 3.06. The zero-order chi connectivity index (χ0) is 14.2. The van der Waals surface area contributed by atoms with Gasteiger partial charge in [0.25, 0.3) is 0 Å². The van der Waals surface area contributed by atoms with Gasteiger partial charge in [0, 0.05) is 11.6 Å². The third kappa shape index (κ3) is 2.57. The molecular formula is C16H20ClNO2. The number of hydrogen-bond donors (Lipinski definition) is 1. The second-order valence-electron chi connectivity index (χ2n) is 5.91. The topological polar surface area (TPSA) is 38.3 Å². The Morgan fingerprint density at radius 1 is 1.50 bits per heavy atom. The van der Waals surface area contributed by atoms with E-state index in [2.05, 4.69) is 5.32 Å². The summed E-state index contributed by atoms with van der Waals surface area (Å²) in [4.78, 5) is 12.6. The number of ether oxygens (including phenoxy) is 1. The Balaban J connectivity index is 1.70. The first-order valence-electron chi connectivity index (χ1n) is 7.30. The Bertz CT molecular complexity index is 507. The molecule has 0 radical (unpaired) electrons. The van der Waals surface area contributed by atoms with Gasteiger partial charge in [-0.15, -0.1) is 0 Å². The van der Waals surface area contributed by atoms with Crippen LogP contribution in [-0.2, 0) is 14.9 Å². The van der Waals surface area contributed by atoms with Gasteiger partial charge in [-0.25, -0.2) is 0 Å². The first-order valence-corrected chi connectivity index (χ1v) is 7.68. The highest BCUT2D eigenvalue weighted by atomic mass is 35.5. The molecule has 1 aromatic carbocycles. The van der Waals surface area contributed by atoms with E-state index in [0.717, 1.165) is 37.9 Å². The summed E-state index contributed by atoms with van der Waals surface area (Å²) in [5.74, 6) is 0.114. The molecule has 4 heteroatoms. The van der Waals surface area contributed by atoms with Gasteiger partial charge in [-0.05, 0) is 50.3 Å². The van der Waals surface area contributed by atoms with Crippen LogP contribution in [0.2, 0.25) is 5.02 Å². The molecule has 1 aromatic rings. The normalized spacial score (nSPS) is 25.2. The standard InChI is InChI=1S/C16H20ClNO2/c1-11(14-6-3-9-20-14)18-15(19)16(7-8-16)12-4-2-5-13(17)10-12/h2,4-5,10-11,14H,3,6-9H2,1H3,(H,18,19)/t11-,14-/m1/s1. The molecule has 1 heterocycles. The lowest BCUT2D eigenvalue weighted by Crippen LogP contribution is -2.45. The van der Waals surface area contributed by atoms with Crippen molar-refractivity contribution in [3.8, 4) is 0 Å². The number of carbonyl (C=O) groups is 1. The van der Waals surface area contributed by atoms with E-state index >= 15 is 0 Å². The van der Waals surface area contributed by atoms with E-state index in [1.807, 2.05) is 31.2 Å². The van der Waals surface area contributed by atoms with E-state index in [4.69, 9.17) is 16.3 Å². The minimum atomic E-state index is -0.363. The van der Waals surface area contributed by atoms with Crippen molar-refractivity contribution in [2.24, 2.45) is 0 Å². The quantitative estimate of drug-likeness (QED) is 0.926. The summed E-state index contributed by atoms with van der Waals surface area (Å²) in [5, 5.41) is 3.82. The highest BCUT2D eigenvalue weighted by Gasteiger charge is 2.51. The van der Waals surface area contributed by atoms with Gasteiger partial charge in [-0.1, -0.05) is 23.7 Å². The van der Waals surface area contributed by atoms with Crippen LogP contribution in [0.4, 0.5) is 0 Å². The summed E-state index contributed by atoms with van der Waals surface area (Å²) in [7, 11) is 0. The van der Waals surface area contributed by atoms with Crippen LogP contribution in [0, 0.1) is 0 Å². The van der Waals surface area contributed by atoms with Gasteiger partial charge in [0.2, 0.25) is 5.91 Å². The molecule has 1 saturated heterocycles. The second-order valence-corrected chi connectivity index (χ2v) is 6.34.